The zero-order valence-electron chi connectivity index (χ0n) is 12.9. The van der Waals surface area contributed by atoms with Crippen molar-refractivity contribution < 1.29 is 4.39 Å². The van der Waals surface area contributed by atoms with Crippen LogP contribution >= 0.6 is 0 Å². The molecular formula is C18H23FN2. The molecule has 0 aliphatic rings. The van der Waals surface area contributed by atoms with Crippen molar-refractivity contribution >= 4 is 11.4 Å². The molecule has 21 heavy (non-hydrogen) atoms. The lowest BCUT2D eigenvalue weighted by atomic mass is 10.0. The number of hydrogen-bond acceptors (Lipinski definition) is 2. The number of hydrogen-bond donors (Lipinski definition) is 1. The molecule has 3 heteroatoms. The summed E-state index contributed by atoms with van der Waals surface area (Å²) in [4.78, 5) is 2.21. The molecule has 0 aromatic heterocycles. The Morgan fingerprint density at radius 3 is 2.48 bits per heavy atom. The first-order valence-corrected chi connectivity index (χ1v) is 7.40. The maximum Gasteiger partial charge on any atom is 0.123 e. The van der Waals surface area contributed by atoms with E-state index in [2.05, 4.69) is 30.9 Å². The van der Waals surface area contributed by atoms with Gasteiger partial charge in [0.05, 0.1) is 0 Å². The van der Waals surface area contributed by atoms with Gasteiger partial charge in [0.25, 0.3) is 0 Å². The Hall–Kier alpha value is -1.87. The first kappa shape index (κ1) is 15.5. The quantitative estimate of drug-likeness (QED) is 0.893. The number of rotatable bonds is 5. The van der Waals surface area contributed by atoms with Gasteiger partial charge in [-0.2, -0.15) is 0 Å². The van der Waals surface area contributed by atoms with Crippen LogP contribution in [0.5, 0.6) is 0 Å². The Balaban J connectivity index is 2.50. The SMILES string of the molecule is CCN(c1ccccc1C)c1ccc(F)cc1CC(C)N. The van der Waals surface area contributed by atoms with E-state index in [1.54, 1.807) is 6.07 Å². The molecule has 0 radical (unpaired) electrons. The molecule has 0 bridgehead atoms. The maximum absolute atomic E-state index is 13.6. The first-order valence-electron chi connectivity index (χ1n) is 7.40. The van der Waals surface area contributed by atoms with E-state index in [9.17, 15) is 4.39 Å². The lowest BCUT2D eigenvalue weighted by molar-refractivity contribution is 0.622. The van der Waals surface area contributed by atoms with Gasteiger partial charge >= 0.3 is 0 Å². The van der Waals surface area contributed by atoms with Gasteiger partial charge in [0.2, 0.25) is 0 Å². The minimum atomic E-state index is -0.213. The molecule has 112 valence electrons. The summed E-state index contributed by atoms with van der Waals surface area (Å²) >= 11 is 0. The number of benzene rings is 2. The van der Waals surface area contributed by atoms with Crippen molar-refractivity contribution in [1.82, 2.24) is 0 Å². The third-order valence-electron chi connectivity index (χ3n) is 3.60. The topological polar surface area (TPSA) is 29.3 Å². The van der Waals surface area contributed by atoms with Crippen LogP contribution in [0.4, 0.5) is 15.8 Å². The van der Waals surface area contributed by atoms with Crippen LogP contribution in [0.15, 0.2) is 42.5 Å². The summed E-state index contributed by atoms with van der Waals surface area (Å²) in [5.74, 6) is -0.213. The van der Waals surface area contributed by atoms with E-state index in [0.717, 1.165) is 23.5 Å². The van der Waals surface area contributed by atoms with E-state index >= 15 is 0 Å². The van der Waals surface area contributed by atoms with Gasteiger partial charge in [-0.05, 0) is 62.6 Å². The smallest absolute Gasteiger partial charge is 0.123 e. The molecule has 0 aliphatic heterocycles. The molecule has 2 aromatic carbocycles. The Bertz CT molecular complexity index is 608. The first-order chi connectivity index (χ1) is 10.0. The van der Waals surface area contributed by atoms with Crippen molar-refractivity contribution in [2.45, 2.75) is 33.2 Å². The van der Waals surface area contributed by atoms with Crippen molar-refractivity contribution in [3.05, 3.63) is 59.4 Å². The molecule has 1 atom stereocenters. The lowest BCUT2D eigenvalue weighted by Gasteiger charge is -2.28. The van der Waals surface area contributed by atoms with Crippen LogP contribution in [0.25, 0.3) is 0 Å². The Morgan fingerprint density at radius 2 is 1.86 bits per heavy atom. The summed E-state index contributed by atoms with van der Waals surface area (Å²) in [6, 6.07) is 13.2. The van der Waals surface area contributed by atoms with E-state index < -0.39 is 0 Å². The number of nitrogens with two attached hydrogens (primary N) is 1. The van der Waals surface area contributed by atoms with Crippen molar-refractivity contribution in [1.29, 1.82) is 0 Å². The third-order valence-corrected chi connectivity index (χ3v) is 3.60. The Morgan fingerprint density at radius 1 is 1.14 bits per heavy atom. The predicted molar refractivity (Wildman–Crippen MR) is 87.6 cm³/mol. The number of aryl methyl sites for hydroxylation is 1. The molecule has 0 saturated heterocycles. The summed E-state index contributed by atoms with van der Waals surface area (Å²) in [7, 11) is 0. The van der Waals surface area contributed by atoms with Crippen LogP contribution < -0.4 is 10.6 Å². The highest BCUT2D eigenvalue weighted by Gasteiger charge is 2.15. The lowest BCUT2D eigenvalue weighted by Crippen LogP contribution is -2.23. The fourth-order valence-electron chi connectivity index (χ4n) is 2.66. The van der Waals surface area contributed by atoms with Crippen LogP contribution in [0.3, 0.4) is 0 Å². The molecule has 2 aromatic rings. The standard InChI is InChI=1S/C18H23FN2/c1-4-21(17-8-6-5-7-13(17)2)18-10-9-16(19)12-15(18)11-14(3)20/h5-10,12,14H,4,11,20H2,1-3H3. The Labute approximate surface area is 126 Å². The average Bonchev–Trinajstić information content (AvgIpc) is 2.43. The monoisotopic (exact) mass is 286 g/mol. The van der Waals surface area contributed by atoms with Gasteiger partial charge in [-0.3, -0.25) is 0 Å². The number of anilines is 2. The second kappa shape index (κ2) is 6.72. The summed E-state index contributed by atoms with van der Waals surface area (Å²) in [6.07, 6.45) is 0.662. The van der Waals surface area contributed by atoms with E-state index in [4.69, 9.17) is 5.73 Å². The summed E-state index contributed by atoms with van der Waals surface area (Å²) in [5, 5.41) is 0. The van der Waals surface area contributed by atoms with Gasteiger partial charge in [-0.1, -0.05) is 18.2 Å². The molecule has 0 fully saturated rings. The zero-order valence-corrected chi connectivity index (χ0v) is 12.9. The minimum Gasteiger partial charge on any atom is -0.341 e. The van der Waals surface area contributed by atoms with Gasteiger partial charge in [0.15, 0.2) is 0 Å². The molecule has 0 heterocycles. The van der Waals surface area contributed by atoms with Gasteiger partial charge in [0, 0.05) is 24.0 Å². The number of halogens is 1. The van der Waals surface area contributed by atoms with Gasteiger partial charge in [0.1, 0.15) is 5.82 Å². The molecule has 1 unspecified atom stereocenters. The second-order valence-electron chi connectivity index (χ2n) is 5.49. The van der Waals surface area contributed by atoms with E-state index in [1.165, 1.54) is 11.6 Å². The molecule has 2 N–H and O–H groups in total. The number of nitrogens with zero attached hydrogens (tertiary/aromatic N) is 1. The Kier molecular flexibility index (Phi) is 4.97. The molecule has 0 amide bonds. The van der Waals surface area contributed by atoms with Crippen LogP contribution in [0, 0.1) is 12.7 Å². The van der Waals surface area contributed by atoms with Crippen LogP contribution in [0.2, 0.25) is 0 Å². The summed E-state index contributed by atoms with van der Waals surface area (Å²) in [5.41, 5.74) is 10.3. The van der Waals surface area contributed by atoms with Gasteiger partial charge in [-0.15, -0.1) is 0 Å². The molecule has 0 saturated carbocycles. The van der Waals surface area contributed by atoms with Crippen molar-refractivity contribution in [3.8, 4) is 0 Å². The van der Waals surface area contributed by atoms with E-state index in [0.29, 0.717) is 6.42 Å². The van der Waals surface area contributed by atoms with Gasteiger partial charge in [-0.25, -0.2) is 4.39 Å². The van der Waals surface area contributed by atoms with E-state index in [1.807, 2.05) is 25.1 Å². The third kappa shape index (κ3) is 3.61. The fraction of sp³-hybridized carbons (Fsp3) is 0.333. The van der Waals surface area contributed by atoms with Crippen LogP contribution in [-0.2, 0) is 6.42 Å². The summed E-state index contributed by atoms with van der Waals surface area (Å²) < 4.78 is 13.6. The van der Waals surface area contributed by atoms with Crippen molar-refractivity contribution in [2.75, 3.05) is 11.4 Å². The normalized spacial score (nSPS) is 12.2. The molecular weight excluding hydrogens is 263 g/mol. The highest BCUT2D eigenvalue weighted by molar-refractivity contribution is 5.69. The van der Waals surface area contributed by atoms with Gasteiger partial charge < -0.3 is 10.6 Å². The zero-order chi connectivity index (χ0) is 15.4. The predicted octanol–water partition coefficient (Wildman–Crippen LogP) is 4.18. The molecule has 0 spiro atoms. The molecule has 0 aliphatic carbocycles. The summed E-state index contributed by atoms with van der Waals surface area (Å²) in [6.45, 7) is 6.96. The van der Waals surface area contributed by atoms with Crippen molar-refractivity contribution in [3.63, 3.8) is 0 Å². The van der Waals surface area contributed by atoms with E-state index in [-0.39, 0.29) is 11.9 Å². The molecule has 2 rings (SSSR count). The second-order valence-corrected chi connectivity index (χ2v) is 5.49. The highest BCUT2D eigenvalue weighted by atomic mass is 19.1. The minimum absolute atomic E-state index is 0.00104. The van der Waals surface area contributed by atoms with Crippen LogP contribution in [-0.4, -0.2) is 12.6 Å². The van der Waals surface area contributed by atoms with Crippen LogP contribution in [0.1, 0.15) is 25.0 Å². The number of para-hydroxylation sites is 1. The maximum atomic E-state index is 13.6. The largest absolute Gasteiger partial charge is 0.341 e. The highest BCUT2D eigenvalue weighted by Crippen LogP contribution is 2.31. The van der Waals surface area contributed by atoms with Crippen molar-refractivity contribution in [2.24, 2.45) is 5.73 Å². The average molecular weight is 286 g/mol. The molecule has 2 nitrogen and oxygen atoms in total. The fourth-order valence-corrected chi connectivity index (χ4v) is 2.66.